The molecule has 0 saturated carbocycles. The number of carbonyl (C=O) groups is 1. The van der Waals surface area contributed by atoms with Gasteiger partial charge in [-0.05, 0) is 44.0 Å². The van der Waals surface area contributed by atoms with Crippen LogP contribution in [0.15, 0.2) is 30.3 Å². The van der Waals surface area contributed by atoms with Crippen molar-refractivity contribution in [1.82, 2.24) is 0 Å². The molecule has 0 radical (unpaired) electrons. The Hall–Kier alpha value is -2.00. The van der Waals surface area contributed by atoms with Crippen molar-refractivity contribution in [3.05, 3.63) is 57.6 Å². The van der Waals surface area contributed by atoms with Crippen LogP contribution in [0.5, 0.6) is 0 Å². The summed E-state index contributed by atoms with van der Waals surface area (Å²) in [5.74, 6) is -0.195. The van der Waals surface area contributed by atoms with Crippen LogP contribution in [0.25, 0.3) is 0 Å². The van der Waals surface area contributed by atoms with Crippen LogP contribution >= 0.6 is 11.6 Å². The molecule has 0 unspecified atom stereocenters. The van der Waals surface area contributed by atoms with Gasteiger partial charge >= 0.3 is 0 Å². The van der Waals surface area contributed by atoms with E-state index in [2.05, 4.69) is 5.32 Å². The maximum atomic E-state index is 12.4. The molecule has 0 fully saturated rings. The van der Waals surface area contributed by atoms with Crippen molar-refractivity contribution in [1.29, 1.82) is 0 Å². The molecule has 0 heterocycles. The number of amides is 1. The molecule has 0 spiro atoms. The van der Waals surface area contributed by atoms with Crippen LogP contribution < -0.4 is 11.1 Å². The normalized spacial score (nSPS) is 10.4. The highest BCUT2D eigenvalue weighted by Crippen LogP contribution is 2.29. The number of hydrogen-bond donors (Lipinski definition) is 2. The molecule has 1 amide bonds. The second kappa shape index (κ2) is 5.55. The van der Waals surface area contributed by atoms with Gasteiger partial charge in [-0.15, -0.1) is 0 Å². The Bertz CT molecular complexity index is 637. The average Bonchev–Trinajstić information content (AvgIpc) is 2.32. The number of benzene rings is 2. The first-order valence-corrected chi connectivity index (χ1v) is 6.71. The van der Waals surface area contributed by atoms with Gasteiger partial charge in [0, 0.05) is 5.56 Å². The third kappa shape index (κ3) is 2.78. The van der Waals surface area contributed by atoms with Gasteiger partial charge < -0.3 is 11.1 Å². The Morgan fingerprint density at radius 1 is 1.15 bits per heavy atom. The molecule has 0 bridgehead atoms. The fraction of sp³-hybridized carbons (Fsp3) is 0.188. The summed E-state index contributed by atoms with van der Waals surface area (Å²) in [5.41, 5.74) is 10.4. The van der Waals surface area contributed by atoms with Crippen LogP contribution in [0.1, 0.15) is 27.0 Å². The maximum Gasteiger partial charge on any atom is 0.256 e. The van der Waals surface area contributed by atoms with E-state index in [1.807, 2.05) is 32.9 Å². The minimum Gasteiger partial charge on any atom is -0.397 e. The molecule has 0 aromatic heterocycles. The number of anilines is 2. The van der Waals surface area contributed by atoms with E-state index in [9.17, 15) is 4.79 Å². The number of halogens is 1. The van der Waals surface area contributed by atoms with Crippen LogP contribution in [0.3, 0.4) is 0 Å². The van der Waals surface area contributed by atoms with E-state index in [0.29, 0.717) is 22.0 Å². The van der Waals surface area contributed by atoms with Gasteiger partial charge in [0.25, 0.3) is 5.91 Å². The smallest absolute Gasteiger partial charge is 0.256 e. The highest BCUT2D eigenvalue weighted by Gasteiger charge is 2.15. The number of rotatable bonds is 2. The molecule has 0 aliphatic carbocycles. The molecule has 20 heavy (non-hydrogen) atoms. The molecule has 4 heteroatoms. The Kier molecular flexibility index (Phi) is 4.00. The lowest BCUT2D eigenvalue weighted by atomic mass is 9.99. The zero-order valence-corrected chi connectivity index (χ0v) is 12.5. The van der Waals surface area contributed by atoms with Crippen molar-refractivity contribution in [2.75, 3.05) is 11.1 Å². The van der Waals surface area contributed by atoms with Gasteiger partial charge in [-0.2, -0.15) is 0 Å². The monoisotopic (exact) mass is 288 g/mol. The number of nitrogens with two attached hydrogens (primary N) is 1. The first-order valence-electron chi connectivity index (χ1n) is 6.33. The van der Waals surface area contributed by atoms with Crippen molar-refractivity contribution in [2.24, 2.45) is 0 Å². The summed E-state index contributed by atoms with van der Waals surface area (Å²) in [4.78, 5) is 12.4. The van der Waals surface area contributed by atoms with E-state index >= 15 is 0 Å². The summed E-state index contributed by atoms with van der Waals surface area (Å²) >= 11 is 6.07. The number of hydrogen-bond acceptors (Lipinski definition) is 2. The van der Waals surface area contributed by atoms with Crippen molar-refractivity contribution in [3.63, 3.8) is 0 Å². The number of nitrogen functional groups attached to an aromatic ring is 1. The first-order chi connectivity index (χ1) is 9.40. The minimum atomic E-state index is -0.195. The highest BCUT2D eigenvalue weighted by atomic mass is 35.5. The lowest BCUT2D eigenvalue weighted by Crippen LogP contribution is -2.16. The Morgan fingerprint density at radius 2 is 1.75 bits per heavy atom. The highest BCUT2D eigenvalue weighted by molar-refractivity contribution is 6.34. The molecule has 3 nitrogen and oxygen atoms in total. The van der Waals surface area contributed by atoms with E-state index < -0.39 is 0 Å². The van der Waals surface area contributed by atoms with Crippen molar-refractivity contribution >= 4 is 28.9 Å². The standard InChI is InChI=1S/C16H17ClN2O/c1-9-7-10(2)14(11(3)8-9)16(20)19-15-12(17)5-4-6-13(15)18/h4-8H,18H2,1-3H3,(H,19,20). The van der Waals surface area contributed by atoms with Crippen molar-refractivity contribution in [3.8, 4) is 0 Å². The largest absolute Gasteiger partial charge is 0.397 e. The molecule has 0 saturated heterocycles. The molecule has 2 aromatic carbocycles. The summed E-state index contributed by atoms with van der Waals surface area (Å²) in [6.07, 6.45) is 0. The van der Waals surface area contributed by atoms with Crippen LogP contribution in [-0.4, -0.2) is 5.91 Å². The summed E-state index contributed by atoms with van der Waals surface area (Å²) in [6, 6.07) is 9.12. The topological polar surface area (TPSA) is 55.1 Å². The number of para-hydroxylation sites is 1. The van der Waals surface area contributed by atoms with Gasteiger partial charge in [-0.25, -0.2) is 0 Å². The first kappa shape index (κ1) is 14.4. The number of nitrogens with one attached hydrogen (secondary N) is 1. The Balaban J connectivity index is 2.39. The number of aryl methyl sites for hydroxylation is 3. The zero-order chi connectivity index (χ0) is 14.9. The van der Waals surface area contributed by atoms with E-state index in [1.54, 1.807) is 18.2 Å². The average molecular weight is 289 g/mol. The zero-order valence-electron chi connectivity index (χ0n) is 11.8. The summed E-state index contributed by atoms with van der Waals surface area (Å²) in [7, 11) is 0. The molecule has 2 aromatic rings. The van der Waals surface area contributed by atoms with Gasteiger partial charge in [0.1, 0.15) is 0 Å². The van der Waals surface area contributed by atoms with Crippen molar-refractivity contribution < 1.29 is 4.79 Å². The fourth-order valence-electron chi connectivity index (χ4n) is 2.39. The van der Waals surface area contributed by atoms with Gasteiger partial charge in [0.15, 0.2) is 0 Å². The lowest BCUT2D eigenvalue weighted by Gasteiger charge is -2.14. The molecule has 0 aliphatic heterocycles. The van der Waals surface area contributed by atoms with E-state index in [1.165, 1.54) is 0 Å². The third-order valence-electron chi connectivity index (χ3n) is 3.19. The predicted octanol–water partition coefficient (Wildman–Crippen LogP) is 4.10. The van der Waals surface area contributed by atoms with Crippen LogP contribution in [0, 0.1) is 20.8 Å². The van der Waals surface area contributed by atoms with Gasteiger partial charge in [0.05, 0.1) is 16.4 Å². The predicted molar refractivity (Wildman–Crippen MR) is 84.5 cm³/mol. The molecular weight excluding hydrogens is 272 g/mol. The number of carbonyl (C=O) groups excluding carboxylic acids is 1. The maximum absolute atomic E-state index is 12.4. The molecular formula is C16H17ClN2O. The fourth-order valence-corrected chi connectivity index (χ4v) is 2.62. The van der Waals surface area contributed by atoms with Crippen molar-refractivity contribution in [2.45, 2.75) is 20.8 Å². The quantitative estimate of drug-likeness (QED) is 0.818. The van der Waals surface area contributed by atoms with Crippen LogP contribution in [0.2, 0.25) is 5.02 Å². The van der Waals surface area contributed by atoms with E-state index in [4.69, 9.17) is 17.3 Å². The van der Waals surface area contributed by atoms with Gasteiger partial charge in [-0.3, -0.25) is 4.79 Å². The SMILES string of the molecule is Cc1cc(C)c(C(=O)Nc2c(N)cccc2Cl)c(C)c1. The Morgan fingerprint density at radius 3 is 2.30 bits per heavy atom. The van der Waals surface area contributed by atoms with Gasteiger partial charge in [-0.1, -0.05) is 35.4 Å². The minimum absolute atomic E-state index is 0.195. The Labute approximate surface area is 123 Å². The van der Waals surface area contributed by atoms with Gasteiger partial charge in [0.2, 0.25) is 0 Å². The molecule has 0 aliphatic rings. The summed E-state index contributed by atoms with van der Waals surface area (Å²) < 4.78 is 0. The van der Waals surface area contributed by atoms with E-state index in [-0.39, 0.29) is 5.91 Å². The summed E-state index contributed by atoms with van der Waals surface area (Å²) in [5, 5.41) is 3.23. The molecule has 3 N–H and O–H groups in total. The molecule has 104 valence electrons. The second-order valence-corrected chi connectivity index (χ2v) is 5.34. The molecule has 2 rings (SSSR count). The van der Waals surface area contributed by atoms with E-state index in [0.717, 1.165) is 16.7 Å². The third-order valence-corrected chi connectivity index (χ3v) is 3.50. The van der Waals surface area contributed by atoms with Crippen LogP contribution in [-0.2, 0) is 0 Å². The second-order valence-electron chi connectivity index (χ2n) is 4.93. The van der Waals surface area contributed by atoms with Crippen LogP contribution in [0.4, 0.5) is 11.4 Å². The summed E-state index contributed by atoms with van der Waals surface area (Å²) in [6.45, 7) is 5.85. The lowest BCUT2D eigenvalue weighted by molar-refractivity contribution is 0.102. The molecule has 0 atom stereocenters.